The number of aliphatic hydroxyl groups is 2. The van der Waals surface area contributed by atoms with Crippen molar-refractivity contribution in [2.45, 2.75) is 50.9 Å². The Labute approximate surface area is 108 Å². The maximum Gasteiger partial charge on any atom is 0.0831 e. The quantitative estimate of drug-likeness (QED) is 0.810. The third-order valence-corrected chi connectivity index (χ3v) is 5.34. The number of thioether (sulfide) groups is 1. The molecule has 3 nitrogen and oxygen atoms in total. The molecule has 2 fully saturated rings. The molecule has 0 aromatic rings. The fraction of sp³-hybridized carbons (Fsp3) is 1.00. The number of aliphatic hydroxyl groups excluding tert-OH is 2. The van der Waals surface area contributed by atoms with E-state index in [2.05, 4.69) is 0 Å². The molecule has 4 heteroatoms. The minimum absolute atomic E-state index is 0.00867. The average Bonchev–Trinajstić information content (AvgIpc) is 2.75. The molecular formula is C13H24O3S. The second kappa shape index (κ2) is 5.47. The summed E-state index contributed by atoms with van der Waals surface area (Å²) in [4.78, 5) is 0. The second-order valence-corrected chi connectivity index (χ2v) is 6.92. The van der Waals surface area contributed by atoms with Gasteiger partial charge in [0.1, 0.15) is 0 Å². The molecule has 2 aliphatic heterocycles. The first-order valence-corrected chi connectivity index (χ1v) is 7.77. The third kappa shape index (κ3) is 2.98. The van der Waals surface area contributed by atoms with E-state index in [9.17, 15) is 10.2 Å². The van der Waals surface area contributed by atoms with Crippen LogP contribution >= 0.6 is 11.8 Å². The highest BCUT2D eigenvalue weighted by Crippen LogP contribution is 2.41. The standard InChI is InChI=1S/C13H24O3S/c1-9(2)11(14)12(15)10-3-5-16-13(7-10)4-6-17-8-13/h9-12,14-15H,3-8H2,1-2H3. The van der Waals surface area contributed by atoms with E-state index in [-0.39, 0.29) is 17.4 Å². The smallest absolute Gasteiger partial charge is 0.0831 e. The second-order valence-electron chi connectivity index (χ2n) is 5.81. The predicted molar refractivity (Wildman–Crippen MR) is 70.2 cm³/mol. The van der Waals surface area contributed by atoms with Gasteiger partial charge in [-0.15, -0.1) is 0 Å². The summed E-state index contributed by atoms with van der Waals surface area (Å²) in [5.74, 6) is 2.52. The number of hydrogen-bond donors (Lipinski definition) is 2. The Kier molecular flexibility index (Phi) is 4.40. The van der Waals surface area contributed by atoms with Gasteiger partial charge in [0.2, 0.25) is 0 Å². The monoisotopic (exact) mass is 260 g/mol. The maximum atomic E-state index is 10.2. The van der Waals surface area contributed by atoms with Gasteiger partial charge >= 0.3 is 0 Å². The van der Waals surface area contributed by atoms with Crippen LogP contribution in [-0.2, 0) is 4.74 Å². The van der Waals surface area contributed by atoms with Crippen molar-refractivity contribution in [2.75, 3.05) is 18.1 Å². The SMILES string of the molecule is CC(C)C(O)C(O)C1CCOC2(CCSC2)C1. The lowest BCUT2D eigenvalue weighted by Crippen LogP contribution is -2.47. The molecule has 2 N–H and O–H groups in total. The molecule has 0 saturated carbocycles. The van der Waals surface area contributed by atoms with Crippen LogP contribution in [0.4, 0.5) is 0 Å². The normalized spacial score (nSPS) is 37.6. The van der Waals surface area contributed by atoms with Crippen LogP contribution < -0.4 is 0 Å². The largest absolute Gasteiger partial charge is 0.390 e. The molecular weight excluding hydrogens is 236 g/mol. The summed E-state index contributed by atoms with van der Waals surface area (Å²) >= 11 is 1.94. The summed E-state index contributed by atoms with van der Waals surface area (Å²) in [5.41, 5.74) is -0.00867. The minimum Gasteiger partial charge on any atom is -0.390 e. The molecule has 100 valence electrons. The fourth-order valence-electron chi connectivity index (χ4n) is 2.89. The van der Waals surface area contributed by atoms with Gasteiger partial charge in [-0.05, 0) is 36.9 Å². The first-order chi connectivity index (χ1) is 8.04. The highest BCUT2D eigenvalue weighted by atomic mass is 32.2. The molecule has 2 heterocycles. The van der Waals surface area contributed by atoms with Crippen molar-refractivity contribution in [1.29, 1.82) is 0 Å². The molecule has 0 amide bonds. The Morgan fingerprint density at radius 2 is 2.12 bits per heavy atom. The van der Waals surface area contributed by atoms with Gasteiger partial charge in [0.05, 0.1) is 17.8 Å². The van der Waals surface area contributed by atoms with Gasteiger partial charge in [-0.25, -0.2) is 0 Å². The zero-order valence-corrected chi connectivity index (χ0v) is 11.6. The summed E-state index contributed by atoms with van der Waals surface area (Å²) in [5, 5.41) is 20.2. The van der Waals surface area contributed by atoms with Crippen LogP contribution in [0.25, 0.3) is 0 Å². The number of ether oxygens (including phenoxy) is 1. The molecule has 0 aromatic carbocycles. The summed E-state index contributed by atoms with van der Waals surface area (Å²) in [6.45, 7) is 4.63. The molecule has 4 unspecified atom stereocenters. The highest BCUT2D eigenvalue weighted by molar-refractivity contribution is 7.99. The van der Waals surface area contributed by atoms with E-state index in [1.165, 1.54) is 0 Å². The van der Waals surface area contributed by atoms with Gasteiger partial charge in [-0.2, -0.15) is 11.8 Å². The van der Waals surface area contributed by atoms with Crippen LogP contribution in [0.15, 0.2) is 0 Å². The van der Waals surface area contributed by atoms with Crippen LogP contribution in [-0.4, -0.2) is 46.1 Å². The molecule has 2 aliphatic rings. The Bertz CT molecular complexity index is 251. The van der Waals surface area contributed by atoms with Crippen LogP contribution in [0.3, 0.4) is 0 Å². The summed E-state index contributed by atoms with van der Waals surface area (Å²) in [6, 6.07) is 0. The summed E-state index contributed by atoms with van der Waals surface area (Å²) < 4.78 is 5.93. The first-order valence-electron chi connectivity index (χ1n) is 6.62. The lowest BCUT2D eigenvalue weighted by molar-refractivity contribution is -0.125. The summed E-state index contributed by atoms with van der Waals surface area (Å²) in [6.07, 6.45) is 1.67. The van der Waals surface area contributed by atoms with Crippen molar-refractivity contribution in [2.24, 2.45) is 11.8 Å². The molecule has 0 radical (unpaired) electrons. The third-order valence-electron chi connectivity index (χ3n) is 4.11. The van der Waals surface area contributed by atoms with Crippen molar-refractivity contribution < 1.29 is 14.9 Å². The van der Waals surface area contributed by atoms with Gasteiger partial charge in [-0.1, -0.05) is 13.8 Å². The predicted octanol–water partition coefficient (Wildman–Crippen LogP) is 1.67. The van der Waals surface area contributed by atoms with Crippen molar-refractivity contribution in [3.63, 3.8) is 0 Å². The van der Waals surface area contributed by atoms with E-state index < -0.39 is 12.2 Å². The molecule has 0 aromatic heterocycles. The first kappa shape index (κ1) is 13.7. The molecule has 17 heavy (non-hydrogen) atoms. The molecule has 2 saturated heterocycles. The van der Waals surface area contributed by atoms with E-state index in [1.54, 1.807) is 0 Å². The number of rotatable bonds is 3. The van der Waals surface area contributed by atoms with Crippen molar-refractivity contribution in [3.05, 3.63) is 0 Å². The van der Waals surface area contributed by atoms with Crippen LogP contribution in [0.5, 0.6) is 0 Å². The van der Waals surface area contributed by atoms with Crippen LogP contribution in [0.2, 0.25) is 0 Å². The Hall–Kier alpha value is 0.230. The van der Waals surface area contributed by atoms with Gasteiger partial charge in [-0.3, -0.25) is 0 Å². The Morgan fingerprint density at radius 3 is 2.71 bits per heavy atom. The molecule has 1 spiro atoms. The van der Waals surface area contributed by atoms with Crippen molar-refractivity contribution in [1.82, 2.24) is 0 Å². The molecule has 0 bridgehead atoms. The Morgan fingerprint density at radius 1 is 1.35 bits per heavy atom. The number of hydrogen-bond acceptors (Lipinski definition) is 4. The van der Waals surface area contributed by atoms with Crippen molar-refractivity contribution in [3.8, 4) is 0 Å². The highest BCUT2D eigenvalue weighted by Gasteiger charge is 2.43. The van der Waals surface area contributed by atoms with Crippen LogP contribution in [0, 0.1) is 11.8 Å². The molecule has 0 aliphatic carbocycles. The van der Waals surface area contributed by atoms with Crippen molar-refractivity contribution >= 4 is 11.8 Å². The van der Waals surface area contributed by atoms with E-state index >= 15 is 0 Å². The zero-order valence-electron chi connectivity index (χ0n) is 10.8. The molecule has 4 atom stereocenters. The van der Waals surface area contributed by atoms with E-state index in [4.69, 9.17) is 4.74 Å². The van der Waals surface area contributed by atoms with Gasteiger partial charge in [0, 0.05) is 12.4 Å². The minimum atomic E-state index is -0.607. The topological polar surface area (TPSA) is 49.7 Å². The maximum absolute atomic E-state index is 10.2. The fourth-order valence-corrected chi connectivity index (χ4v) is 4.27. The van der Waals surface area contributed by atoms with E-state index in [0.29, 0.717) is 0 Å². The van der Waals surface area contributed by atoms with Gasteiger partial charge in [0.15, 0.2) is 0 Å². The zero-order chi connectivity index (χ0) is 12.5. The van der Waals surface area contributed by atoms with E-state index in [0.717, 1.165) is 37.4 Å². The molecule has 2 rings (SSSR count). The van der Waals surface area contributed by atoms with Gasteiger partial charge in [0.25, 0.3) is 0 Å². The average molecular weight is 260 g/mol. The van der Waals surface area contributed by atoms with Crippen LogP contribution in [0.1, 0.15) is 33.1 Å². The lowest BCUT2D eigenvalue weighted by Gasteiger charge is -2.41. The summed E-state index contributed by atoms with van der Waals surface area (Å²) in [7, 11) is 0. The van der Waals surface area contributed by atoms with Gasteiger partial charge < -0.3 is 14.9 Å². The Balaban J connectivity index is 1.97. The lowest BCUT2D eigenvalue weighted by atomic mass is 9.79. The van der Waals surface area contributed by atoms with E-state index in [1.807, 2.05) is 25.6 Å².